The van der Waals surface area contributed by atoms with E-state index in [1.165, 1.54) is 0 Å². The minimum absolute atomic E-state index is 0.173. The van der Waals surface area contributed by atoms with E-state index in [0.717, 1.165) is 44.0 Å². The second-order valence-corrected chi connectivity index (χ2v) is 5.42. The van der Waals surface area contributed by atoms with Gasteiger partial charge in [-0.2, -0.15) is 0 Å². The average molecular weight is 339 g/mol. The molecule has 6 nitrogen and oxygen atoms in total. The van der Waals surface area contributed by atoms with Gasteiger partial charge in [-0.15, -0.1) is 0 Å². The molecule has 1 aromatic rings. The highest BCUT2D eigenvalue weighted by Crippen LogP contribution is 2.14. The van der Waals surface area contributed by atoms with Crippen LogP contribution in [0.4, 0.5) is 14.5 Å². The largest absolute Gasteiger partial charge is 0.386 e. The Balaban J connectivity index is 1.74. The van der Waals surface area contributed by atoms with Gasteiger partial charge in [-0.1, -0.05) is 18.0 Å². The lowest BCUT2D eigenvalue weighted by Crippen LogP contribution is -2.34. The van der Waals surface area contributed by atoms with E-state index in [2.05, 4.69) is 10.5 Å². The molecule has 1 aliphatic heterocycles. The number of oxime groups is 1. The zero-order chi connectivity index (χ0) is 17.4. The van der Waals surface area contributed by atoms with Crippen molar-refractivity contribution < 1.29 is 23.2 Å². The van der Waals surface area contributed by atoms with Crippen molar-refractivity contribution in [2.75, 3.05) is 25.0 Å². The maximum Gasteiger partial charge on any atom is 0.270 e. The van der Waals surface area contributed by atoms with Gasteiger partial charge in [-0.05, 0) is 25.0 Å². The SMILES string of the molecule is O=C(C=NOCC(=O)N1CCCCCC1)Nc1ccc(F)cc1F. The van der Waals surface area contributed by atoms with Gasteiger partial charge in [0.15, 0.2) is 6.61 Å². The highest BCUT2D eigenvalue weighted by atomic mass is 19.1. The smallest absolute Gasteiger partial charge is 0.270 e. The summed E-state index contributed by atoms with van der Waals surface area (Å²) in [5.41, 5.74) is -0.173. The number of benzene rings is 1. The van der Waals surface area contributed by atoms with Crippen LogP contribution in [0.15, 0.2) is 23.4 Å². The van der Waals surface area contributed by atoms with Crippen molar-refractivity contribution in [1.82, 2.24) is 4.90 Å². The summed E-state index contributed by atoms with van der Waals surface area (Å²) >= 11 is 0. The average Bonchev–Trinajstić information content (AvgIpc) is 2.83. The number of likely N-dealkylation sites (tertiary alicyclic amines) is 1. The Hall–Kier alpha value is -2.51. The maximum atomic E-state index is 13.4. The number of halogens is 2. The Morgan fingerprint density at radius 1 is 1.21 bits per heavy atom. The minimum Gasteiger partial charge on any atom is -0.386 e. The van der Waals surface area contributed by atoms with Crippen LogP contribution in [0.3, 0.4) is 0 Å². The van der Waals surface area contributed by atoms with Gasteiger partial charge in [-0.25, -0.2) is 8.78 Å². The number of hydrogen-bond donors (Lipinski definition) is 1. The Morgan fingerprint density at radius 2 is 1.92 bits per heavy atom. The van der Waals surface area contributed by atoms with Gasteiger partial charge in [0, 0.05) is 19.2 Å². The molecule has 1 fully saturated rings. The number of nitrogens with zero attached hydrogens (tertiary/aromatic N) is 2. The zero-order valence-corrected chi connectivity index (χ0v) is 13.1. The van der Waals surface area contributed by atoms with Crippen LogP contribution in [0.1, 0.15) is 25.7 Å². The van der Waals surface area contributed by atoms with Crippen LogP contribution < -0.4 is 5.32 Å². The normalized spacial score (nSPS) is 15.2. The van der Waals surface area contributed by atoms with Crippen molar-refractivity contribution in [2.24, 2.45) is 5.16 Å². The molecule has 0 bridgehead atoms. The number of amides is 2. The quantitative estimate of drug-likeness (QED) is 0.661. The first-order chi connectivity index (χ1) is 11.6. The first kappa shape index (κ1) is 17.8. The molecule has 1 aliphatic rings. The van der Waals surface area contributed by atoms with Crippen LogP contribution in [-0.4, -0.2) is 42.6 Å². The topological polar surface area (TPSA) is 71.0 Å². The van der Waals surface area contributed by atoms with E-state index in [4.69, 9.17) is 4.84 Å². The first-order valence-electron chi connectivity index (χ1n) is 7.75. The molecule has 0 spiro atoms. The summed E-state index contributed by atoms with van der Waals surface area (Å²) in [6, 6.07) is 2.77. The molecule has 8 heteroatoms. The molecule has 0 aromatic heterocycles. The molecular formula is C16H19F2N3O3. The third-order valence-electron chi connectivity index (χ3n) is 3.58. The molecule has 1 N–H and O–H groups in total. The van der Waals surface area contributed by atoms with Crippen molar-refractivity contribution in [3.63, 3.8) is 0 Å². The van der Waals surface area contributed by atoms with E-state index in [1.807, 2.05) is 0 Å². The molecule has 1 saturated heterocycles. The van der Waals surface area contributed by atoms with Gasteiger partial charge in [-0.3, -0.25) is 9.59 Å². The number of rotatable bonds is 5. The van der Waals surface area contributed by atoms with E-state index in [1.54, 1.807) is 4.90 Å². The number of hydrogen-bond acceptors (Lipinski definition) is 4. The minimum atomic E-state index is -0.894. The molecule has 130 valence electrons. The van der Waals surface area contributed by atoms with Gasteiger partial charge in [0.2, 0.25) is 0 Å². The van der Waals surface area contributed by atoms with Crippen molar-refractivity contribution >= 4 is 23.7 Å². The Kier molecular flexibility index (Phi) is 6.65. The van der Waals surface area contributed by atoms with Crippen molar-refractivity contribution in [2.45, 2.75) is 25.7 Å². The molecule has 1 aromatic carbocycles. The highest BCUT2D eigenvalue weighted by molar-refractivity contribution is 6.31. The Labute approximate surface area is 138 Å². The lowest BCUT2D eigenvalue weighted by molar-refractivity contribution is -0.136. The fraction of sp³-hybridized carbons (Fsp3) is 0.438. The summed E-state index contributed by atoms with van der Waals surface area (Å²) in [4.78, 5) is 30.0. The molecule has 24 heavy (non-hydrogen) atoms. The van der Waals surface area contributed by atoms with E-state index < -0.39 is 17.5 Å². The molecule has 0 atom stereocenters. The first-order valence-corrected chi connectivity index (χ1v) is 7.75. The van der Waals surface area contributed by atoms with Gasteiger partial charge in [0.25, 0.3) is 11.8 Å². The number of anilines is 1. The van der Waals surface area contributed by atoms with Crippen LogP contribution in [0.5, 0.6) is 0 Å². The van der Waals surface area contributed by atoms with E-state index in [0.29, 0.717) is 19.2 Å². The fourth-order valence-corrected chi connectivity index (χ4v) is 2.34. The van der Waals surface area contributed by atoms with Gasteiger partial charge >= 0.3 is 0 Å². The van der Waals surface area contributed by atoms with Crippen molar-refractivity contribution in [3.05, 3.63) is 29.8 Å². The van der Waals surface area contributed by atoms with Crippen LogP contribution >= 0.6 is 0 Å². The third-order valence-corrected chi connectivity index (χ3v) is 3.58. The van der Waals surface area contributed by atoms with E-state index in [-0.39, 0.29) is 18.2 Å². The summed E-state index contributed by atoms with van der Waals surface area (Å²) in [5.74, 6) is -2.56. The van der Waals surface area contributed by atoms with Crippen LogP contribution in [-0.2, 0) is 14.4 Å². The summed E-state index contributed by atoms with van der Waals surface area (Å²) in [6.07, 6.45) is 4.96. The fourth-order valence-electron chi connectivity index (χ4n) is 2.34. The molecule has 0 unspecified atom stereocenters. The zero-order valence-electron chi connectivity index (χ0n) is 13.1. The molecule has 2 amide bonds. The lowest BCUT2D eigenvalue weighted by Gasteiger charge is -2.19. The highest BCUT2D eigenvalue weighted by Gasteiger charge is 2.15. The molecule has 0 saturated carbocycles. The number of carbonyl (C=O) groups excluding carboxylic acids is 2. The van der Waals surface area contributed by atoms with E-state index in [9.17, 15) is 18.4 Å². The second kappa shape index (κ2) is 8.95. The van der Waals surface area contributed by atoms with Crippen molar-refractivity contribution in [1.29, 1.82) is 0 Å². The van der Waals surface area contributed by atoms with E-state index >= 15 is 0 Å². The van der Waals surface area contributed by atoms with Gasteiger partial charge in [0.1, 0.15) is 17.8 Å². The van der Waals surface area contributed by atoms with Crippen LogP contribution in [0.2, 0.25) is 0 Å². The molecular weight excluding hydrogens is 320 g/mol. The Morgan fingerprint density at radius 3 is 2.58 bits per heavy atom. The predicted molar refractivity (Wildman–Crippen MR) is 84.5 cm³/mol. The number of carbonyl (C=O) groups is 2. The predicted octanol–water partition coefficient (Wildman–Crippen LogP) is 2.31. The summed E-state index contributed by atoms with van der Waals surface area (Å²) in [7, 11) is 0. The van der Waals surface area contributed by atoms with Gasteiger partial charge in [0.05, 0.1) is 5.69 Å². The number of nitrogens with one attached hydrogen (secondary N) is 1. The molecule has 0 radical (unpaired) electrons. The van der Waals surface area contributed by atoms with Crippen molar-refractivity contribution in [3.8, 4) is 0 Å². The summed E-state index contributed by atoms with van der Waals surface area (Å²) in [6.45, 7) is 1.15. The third kappa shape index (κ3) is 5.60. The van der Waals surface area contributed by atoms with Crippen LogP contribution in [0, 0.1) is 11.6 Å². The molecule has 2 rings (SSSR count). The maximum absolute atomic E-state index is 13.4. The Bertz CT molecular complexity index is 615. The monoisotopic (exact) mass is 339 g/mol. The molecule has 0 aliphatic carbocycles. The second-order valence-electron chi connectivity index (χ2n) is 5.42. The summed E-state index contributed by atoms with van der Waals surface area (Å²) < 4.78 is 26.1. The summed E-state index contributed by atoms with van der Waals surface area (Å²) in [5, 5.41) is 5.58. The van der Waals surface area contributed by atoms with Crippen LogP contribution in [0.25, 0.3) is 0 Å². The molecule has 1 heterocycles. The van der Waals surface area contributed by atoms with Gasteiger partial charge < -0.3 is 15.1 Å². The lowest BCUT2D eigenvalue weighted by atomic mass is 10.2. The standard InChI is InChI=1S/C16H19F2N3O3/c17-12-5-6-14(13(18)9-12)20-15(22)10-19-24-11-16(23)21-7-3-1-2-4-8-21/h5-6,9-10H,1-4,7-8,11H2,(H,20,22).